The molecule has 126 valence electrons. The number of anilines is 1. The van der Waals surface area contributed by atoms with E-state index in [2.05, 4.69) is 0 Å². The Labute approximate surface area is 141 Å². The maximum atomic E-state index is 13.1. The maximum Gasteiger partial charge on any atom is 0.313 e. The van der Waals surface area contributed by atoms with Crippen LogP contribution in [-0.2, 0) is 19.1 Å². The van der Waals surface area contributed by atoms with Gasteiger partial charge in [-0.1, -0.05) is 30.4 Å². The van der Waals surface area contributed by atoms with Crippen LogP contribution in [-0.4, -0.2) is 36.2 Å². The minimum absolute atomic E-state index is 0.0538. The lowest BCUT2D eigenvalue weighted by Gasteiger charge is -2.23. The molecule has 5 heteroatoms. The normalized spacial score (nSPS) is 33.4. The van der Waals surface area contributed by atoms with Gasteiger partial charge in [0, 0.05) is 5.69 Å². The second kappa shape index (κ2) is 5.18. The SMILES string of the molecule is Cc1ccccc1N1C[C@@]23C=C[C@@H](O2)[C@@H](C(=O)OC(C)C)[C@H]3C1=O. The average Bonchev–Trinajstić information content (AvgIpc) is 3.15. The number of hydrogen-bond donors (Lipinski definition) is 0. The Hall–Kier alpha value is -2.14. The first-order chi connectivity index (χ1) is 11.4. The van der Waals surface area contributed by atoms with E-state index in [-0.39, 0.29) is 24.1 Å². The van der Waals surface area contributed by atoms with Gasteiger partial charge in [-0.2, -0.15) is 0 Å². The fraction of sp³-hybridized carbons (Fsp3) is 0.474. The molecule has 1 aromatic rings. The van der Waals surface area contributed by atoms with Gasteiger partial charge in [-0.15, -0.1) is 0 Å². The van der Waals surface area contributed by atoms with E-state index < -0.39 is 17.4 Å². The number of amides is 1. The van der Waals surface area contributed by atoms with Gasteiger partial charge in [-0.25, -0.2) is 0 Å². The predicted molar refractivity (Wildman–Crippen MR) is 88.5 cm³/mol. The van der Waals surface area contributed by atoms with Gasteiger partial charge in [0.2, 0.25) is 5.91 Å². The van der Waals surface area contributed by atoms with E-state index in [4.69, 9.17) is 9.47 Å². The molecule has 0 radical (unpaired) electrons. The van der Waals surface area contributed by atoms with Gasteiger partial charge < -0.3 is 14.4 Å². The summed E-state index contributed by atoms with van der Waals surface area (Å²) >= 11 is 0. The lowest BCUT2D eigenvalue weighted by molar-refractivity contribution is -0.156. The molecule has 3 aliphatic rings. The summed E-state index contributed by atoms with van der Waals surface area (Å²) in [5.41, 5.74) is 1.20. The van der Waals surface area contributed by atoms with Crippen molar-refractivity contribution >= 4 is 17.6 Å². The van der Waals surface area contributed by atoms with E-state index in [0.29, 0.717) is 6.54 Å². The zero-order chi connectivity index (χ0) is 17.1. The third-order valence-corrected chi connectivity index (χ3v) is 5.13. The Kier molecular flexibility index (Phi) is 3.32. The fourth-order valence-electron chi connectivity index (χ4n) is 4.15. The third-order valence-electron chi connectivity index (χ3n) is 5.13. The van der Waals surface area contributed by atoms with Gasteiger partial charge in [0.1, 0.15) is 11.5 Å². The number of nitrogens with zero attached hydrogens (tertiary/aromatic N) is 1. The number of hydrogen-bond acceptors (Lipinski definition) is 4. The molecule has 0 saturated carbocycles. The van der Waals surface area contributed by atoms with Crippen LogP contribution >= 0.6 is 0 Å². The van der Waals surface area contributed by atoms with Crippen LogP contribution in [0.1, 0.15) is 19.4 Å². The maximum absolute atomic E-state index is 13.1. The summed E-state index contributed by atoms with van der Waals surface area (Å²) < 4.78 is 11.5. The molecule has 1 amide bonds. The Morgan fingerprint density at radius 1 is 1.38 bits per heavy atom. The number of fused-ring (bicyclic) bond motifs is 1. The highest BCUT2D eigenvalue weighted by Crippen LogP contribution is 2.53. The Morgan fingerprint density at radius 3 is 2.83 bits per heavy atom. The van der Waals surface area contributed by atoms with Gasteiger partial charge >= 0.3 is 5.97 Å². The minimum atomic E-state index is -0.704. The second-order valence-electron chi connectivity index (χ2n) is 7.10. The fourth-order valence-corrected chi connectivity index (χ4v) is 4.15. The third kappa shape index (κ3) is 2.04. The number of benzene rings is 1. The van der Waals surface area contributed by atoms with Crippen LogP contribution in [0.4, 0.5) is 5.69 Å². The molecule has 5 nitrogen and oxygen atoms in total. The summed E-state index contributed by atoms with van der Waals surface area (Å²) in [5, 5.41) is 0. The van der Waals surface area contributed by atoms with Crippen LogP contribution in [0.3, 0.4) is 0 Å². The Bertz CT molecular complexity index is 741. The van der Waals surface area contributed by atoms with Gasteiger partial charge in [0.25, 0.3) is 0 Å². The smallest absolute Gasteiger partial charge is 0.313 e. The highest BCUT2D eigenvalue weighted by Gasteiger charge is 2.67. The van der Waals surface area contributed by atoms with Crippen molar-refractivity contribution in [2.24, 2.45) is 11.8 Å². The molecule has 1 aromatic carbocycles. The van der Waals surface area contributed by atoms with E-state index in [9.17, 15) is 9.59 Å². The number of carbonyl (C=O) groups is 2. The lowest BCUT2D eigenvalue weighted by atomic mass is 9.77. The first-order valence-corrected chi connectivity index (χ1v) is 8.37. The quantitative estimate of drug-likeness (QED) is 0.631. The molecule has 0 unspecified atom stereocenters. The number of carbonyl (C=O) groups excluding carboxylic acids is 2. The standard InChI is InChI=1S/C19H21NO4/c1-11(2)23-18(22)15-14-8-9-19(24-14)10-20(17(21)16(15)19)13-7-5-4-6-12(13)3/h4-9,11,14-16H,10H2,1-3H3/t14-,15-,16+,19-/m1/s1. The predicted octanol–water partition coefficient (Wildman–Crippen LogP) is 2.23. The first kappa shape index (κ1) is 15.4. The van der Waals surface area contributed by atoms with Gasteiger partial charge in [0.05, 0.1) is 24.7 Å². The Morgan fingerprint density at radius 2 is 2.12 bits per heavy atom. The summed E-state index contributed by atoms with van der Waals surface area (Å²) in [7, 11) is 0. The largest absolute Gasteiger partial charge is 0.463 e. The van der Waals surface area contributed by atoms with E-state index in [1.807, 2.05) is 57.2 Å². The molecule has 0 aliphatic carbocycles. The molecule has 1 spiro atoms. The van der Waals surface area contributed by atoms with Crippen molar-refractivity contribution in [2.45, 2.75) is 38.6 Å². The highest BCUT2D eigenvalue weighted by atomic mass is 16.6. The van der Waals surface area contributed by atoms with Gasteiger partial charge in [-0.3, -0.25) is 9.59 Å². The lowest BCUT2D eigenvalue weighted by Crippen LogP contribution is -2.40. The molecule has 2 fully saturated rings. The van der Waals surface area contributed by atoms with Gasteiger partial charge in [0.15, 0.2) is 0 Å². The van der Waals surface area contributed by atoms with Crippen molar-refractivity contribution < 1.29 is 19.1 Å². The molecule has 2 bridgehead atoms. The molecule has 3 heterocycles. The van der Waals surface area contributed by atoms with Crippen LogP contribution in [0.25, 0.3) is 0 Å². The molecular weight excluding hydrogens is 306 g/mol. The van der Waals surface area contributed by atoms with Crippen molar-refractivity contribution in [1.29, 1.82) is 0 Å². The molecule has 4 rings (SSSR count). The van der Waals surface area contributed by atoms with Crippen LogP contribution in [0.5, 0.6) is 0 Å². The number of ether oxygens (including phenoxy) is 2. The van der Waals surface area contributed by atoms with E-state index in [1.165, 1.54) is 0 Å². The summed E-state index contributed by atoms with van der Waals surface area (Å²) in [5.74, 6) is -1.45. The van der Waals surface area contributed by atoms with Crippen molar-refractivity contribution in [3.63, 3.8) is 0 Å². The number of esters is 1. The van der Waals surface area contributed by atoms with Crippen LogP contribution in [0, 0.1) is 18.8 Å². The topological polar surface area (TPSA) is 55.8 Å². The van der Waals surface area contributed by atoms with Crippen LogP contribution in [0.2, 0.25) is 0 Å². The zero-order valence-electron chi connectivity index (χ0n) is 14.1. The molecule has 24 heavy (non-hydrogen) atoms. The first-order valence-electron chi connectivity index (χ1n) is 8.37. The number of aryl methyl sites for hydroxylation is 1. The van der Waals surface area contributed by atoms with E-state index in [0.717, 1.165) is 11.3 Å². The summed E-state index contributed by atoms with van der Waals surface area (Å²) in [6, 6.07) is 7.78. The summed E-state index contributed by atoms with van der Waals surface area (Å²) in [4.78, 5) is 27.4. The zero-order valence-corrected chi connectivity index (χ0v) is 14.1. The van der Waals surface area contributed by atoms with Gasteiger partial charge in [-0.05, 0) is 32.4 Å². The highest BCUT2D eigenvalue weighted by molar-refractivity contribution is 6.03. The van der Waals surface area contributed by atoms with Crippen molar-refractivity contribution in [2.75, 3.05) is 11.4 Å². The monoisotopic (exact) mass is 327 g/mol. The molecular formula is C19H21NO4. The number of para-hydroxylation sites is 1. The molecule has 2 saturated heterocycles. The molecule has 3 aliphatic heterocycles. The van der Waals surface area contributed by atoms with E-state index >= 15 is 0 Å². The summed E-state index contributed by atoms with van der Waals surface area (Å²) in [6.45, 7) is 6.05. The van der Waals surface area contributed by atoms with Crippen molar-refractivity contribution in [3.05, 3.63) is 42.0 Å². The van der Waals surface area contributed by atoms with Crippen LogP contribution < -0.4 is 4.90 Å². The minimum Gasteiger partial charge on any atom is -0.463 e. The molecule has 4 atom stereocenters. The van der Waals surface area contributed by atoms with Crippen LogP contribution in [0.15, 0.2) is 36.4 Å². The Balaban J connectivity index is 1.69. The second-order valence-corrected chi connectivity index (χ2v) is 7.10. The number of rotatable bonds is 3. The van der Waals surface area contributed by atoms with E-state index in [1.54, 1.807) is 4.90 Å². The molecule has 0 N–H and O–H groups in total. The molecule has 0 aromatic heterocycles. The average molecular weight is 327 g/mol. The van der Waals surface area contributed by atoms with Crippen molar-refractivity contribution in [3.8, 4) is 0 Å². The van der Waals surface area contributed by atoms with Crippen molar-refractivity contribution in [1.82, 2.24) is 0 Å². The summed E-state index contributed by atoms with van der Waals surface area (Å²) in [6.07, 6.45) is 3.29.